The standard InChI is InChI=1S/C18H20N4O4/c1-4-10-5-7-11(8-6-10)19-13(23)9-12-14-15(20-16(12)24)21(2)18(26)22(3)17(14)25/h5-8,12H,4,9H2,1-3H3,(H,19,23)(H,20,24)/t12-/m1/s1. The highest BCUT2D eigenvalue weighted by Crippen LogP contribution is 2.31. The zero-order valence-electron chi connectivity index (χ0n) is 14.8. The Morgan fingerprint density at radius 3 is 2.38 bits per heavy atom. The van der Waals surface area contributed by atoms with Gasteiger partial charge < -0.3 is 10.6 Å². The molecule has 0 spiro atoms. The van der Waals surface area contributed by atoms with Crippen LogP contribution in [0.2, 0.25) is 0 Å². The van der Waals surface area contributed by atoms with Crippen molar-refractivity contribution in [3.8, 4) is 0 Å². The molecule has 0 aliphatic carbocycles. The molecule has 0 bridgehead atoms. The average Bonchev–Trinajstić information content (AvgIpc) is 2.95. The summed E-state index contributed by atoms with van der Waals surface area (Å²) >= 11 is 0. The zero-order valence-corrected chi connectivity index (χ0v) is 14.8. The quantitative estimate of drug-likeness (QED) is 0.842. The van der Waals surface area contributed by atoms with E-state index in [1.807, 2.05) is 19.1 Å². The molecule has 1 atom stereocenters. The molecule has 0 unspecified atom stereocenters. The van der Waals surface area contributed by atoms with Crippen LogP contribution in [0.5, 0.6) is 0 Å². The van der Waals surface area contributed by atoms with Gasteiger partial charge in [-0.2, -0.15) is 0 Å². The predicted molar refractivity (Wildman–Crippen MR) is 97.4 cm³/mol. The molecular formula is C18H20N4O4. The molecule has 2 amide bonds. The third-order valence-corrected chi connectivity index (χ3v) is 4.64. The van der Waals surface area contributed by atoms with Gasteiger partial charge in [-0.15, -0.1) is 0 Å². The van der Waals surface area contributed by atoms with Crippen LogP contribution in [0.15, 0.2) is 33.9 Å². The molecule has 1 aromatic heterocycles. The third kappa shape index (κ3) is 2.94. The van der Waals surface area contributed by atoms with E-state index in [0.29, 0.717) is 5.69 Å². The number of amides is 2. The van der Waals surface area contributed by atoms with Crippen molar-refractivity contribution in [2.75, 3.05) is 10.6 Å². The Bertz CT molecular complexity index is 1000. The van der Waals surface area contributed by atoms with Gasteiger partial charge in [0, 0.05) is 26.2 Å². The van der Waals surface area contributed by atoms with Crippen molar-refractivity contribution >= 4 is 23.3 Å². The number of carbonyl (C=O) groups excluding carboxylic acids is 2. The van der Waals surface area contributed by atoms with Crippen LogP contribution in [0, 0.1) is 0 Å². The van der Waals surface area contributed by atoms with Crippen LogP contribution < -0.4 is 21.9 Å². The minimum Gasteiger partial charge on any atom is -0.326 e. The van der Waals surface area contributed by atoms with Gasteiger partial charge in [0.1, 0.15) is 5.82 Å². The minimum atomic E-state index is -0.926. The van der Waals surface area contributed by atoms with Gasteiger partial charge in [-0.3, -0.25) is 23.5 Å². The minimum absolute atomic E-state index is 0.149. The number of anilines is 2. The predicted octanol–water partition coefficient (Wildman–Crippen LogP) is 0.711. The van der Waals surface area contributed by atoms with E-state index < -0.39 is 23.1 Å². The van der Waals surface area contributed by atoms with Crippen molar-refractivity contribution in [3.63, 3.8) is 0 Å². The first kappa shape index (κ1) is 17.7. The summed E-state index contributed by atoms with van der Waals surface area (Å²) in [7, 11) is 2.82. The smallest absolute Gasteiger partial charge is 0.326 e. The number of aromatic nitrogens is 2. The summed E-state index contributed by atoms with van der Waals surface area (Å²) in [6.07, 6.45) is 0.719. The van der Waals surface area contributed by atoms with Crippen molar-refractivity contribution in [1.82, 2.24) is 9.13 Å². The van der Waals surface area contributed by atoms with Gasteiger partial charge >= 0.3 is 5.69 Å². The maximum Gasteiger partial charge on any atom is 0.332 e. The van der Waals surface area contributed by atoms with Crippen LogP contribution in [0.1, 0.15) is 30.4 Å². The summed E-state index contributed by atoms with van der Waals surface area (Å²) in [5.41, 5.74) is 0.827. The van der Waals surface area contributed by atoms with Gasteiger partial charge in [-0.05, 0) is 24.1 Å². The summed E-state index contributed by atoms with van der Waals surface area (Å²) in [4.78, 5) is 49.0. The van der Waals surface area contributed by atoms with E-state index in [-0.39, 0.29) is 23.7 Å². The van der Waals surface area contributed by atoms with Crippen molar-refractivity contribution in [3.05, 3.63) is 56.2 Å². The number of aryl methyl sites for hydroxylation is 1. The van der Waals surface area contributed by atoms with Crippen LogP contribution in [0.3, 0.4) is 0 Å². The largest absolute Gasteiger partial charge is 0.332 e. The Morgan fingerprint density at radius 2 is 1.77 bits per heavy atom. The van der Waals surface area contributed by atoms with Crippen molar-refractivity contribution in [2.24, 2.45) is 14.1 Å². The van der Waals surface area contributed by atoms with Gasteiger partial charge in [0.25, 0.3) is 5.56 Å². The van der Waals surface area contributed by atoms with Crippen LogP contribution in [-0.2, 0) is 30.1 Å². The maximum atomic E-state index is 12.4. The number of benzene rings is 1. The second-order valence-electron chi connectivity index (χ2n) is 6.31. The number of hydrogen-bond donors (Lipinski definition) is 2. The molecule has 3 rings (SSSR count). The first-order valence-corrected chi connectivity index (χ1v) is 8.33. The fourth-order valence-corrected chi connectivity index (χ4v) is 3.09. The van der Waals surface area contributed by atoms with Gasteiger partial charge in [-0.1, -0.05) is 19.1 Å². The summed E-state index contributed by atoms with van der Waals surface area (Å²) < 4.78 is 2.14. The van der Waals surface area contributed by atoms with Crippen molar-refractivity contribution < 1.29 is 9.59 Å². The first-order valence-electron chi connectivity index (χ1n) is 8.33. The van der Waals surface area contributed by atoms with E-state index in [0.717, 1.165) is 16.6 Å². The second kappa shape index (κ2) is 6.62. The molecule has 0 saturated heterocycles. The molecule has 136 valence electrons. The van der Waals surface area contributed by atoms with E-state index in [9.17, 15) is 19.2 Å². The number of nitrogens with zero attached hydrogens (tertiary/aromatic N) is 2. The Balaban J connectivity index is 1.85. The maximum absolute atomic E-state index is 12.4. The Kier molecular flexibility index (Phi) is 4.50. The lowest BCUT2D eigenvalue weighted by Gasteiger charge is -2.11. The van der Waals surface area contributed by atoms with Gasteiger partial charge in [0.05, 0.1) is 11.5 Å². The van der Waals surface area contributed by atoms with E-state index in [2.05, 4.69) is 10.6 Å². The Labute approximate surface area is 149 Å². The van der Waals surface area contributed by atoms with Gasteiger partial charge in [-0.25, -0.2) is 4.79 Å². The topological polar surface area (TPSA) is 102 Å². The molecule has 1 aliphatic heterocycles. The lowest BCUT2D eigenvalue weighted by Crippen LogP contribution is -2.39. The fourth-order valence-electron chi connectivity index (χ4n) is 3.09. The molecule has 2 N–H and O–H groups in total. The molecule has 1 aliphatic rings. The molecular weight excluding hydrogens is 336 g/mol. The number of rotatable bonds is 4. The third-order valence-electron chi connectivity index (χ3n) is 4.64. The first-order chi connectivity index (χ1) is 12.3. The lowest BCUT2D eigenvalue weighted by molar-refractivity contribution is -0.122. The summed E-state index contributed by atoms with van der Waals surface area (Å²) in [6, 6.07) is 7.42. The van der Waals surface area contributed by atoms with Crippen molar-refractivity contribution in [2.45, 2.75) is 25.7 Å². The van der Waals surface area contributed by atoms with Crippen molar-refractivity contribution in [1.29, 1.82) is 0 Å². The highest BCUT2D eigenvalue weighted by Gasteiger charge is 2.37. The molecule has 0 fully saturated rings. The molecule has 8 heteroatoms. The Hall–Kier alpha value is -3.16. The molecule has 0 saturated carbocycles. The van der Waals surface area contributed by atoms with E-state index in [1.165, 1.54) is 18.7 Å². The number of hydrogen-bond acceptors (Lipinski definition) is 4. The van der Waals surface area contributed by atoms with Gasteiger partial charge in [0.2, 0.25) is 11.8 Å². The SMILES string of the molecule is CCc1ccc(NC(=O)C[C@H]2C(=O)Nc3c2c(=O)n(C)c(=O)n3C)cc1. The summed E-state index contributed by atoms with van der Waals surface area (Å²) in [5.74, 6) is -1.61. The second-order valence-corrected chi connectivity index (χ2v) is 6.31. The van der Waals surface area contributed by atoms with Crippen LogP contribution in [-0.4, -0.2) is 20.9 Å². The van der Waals surface area contributed by atoms with Crippen LogP contribution >= 0.6 is 0 Å². The van der Waals surface area contributed by atoms with E-state index >= 15 is 0 Å². The lowest BCUT2D eigenvalue weighted by atomic mass is 9.99. The number of nitrogens with one attached hydrogen (secondary N) is 2. The molecule has 2 aromatic rings. The average molecular weight is 356 g/mol. The fraction of sp³-hybridized carbons (Fsp3) is 0.333. The summed E-state index contributed by atoms with van der Waals surface area (Å²) in [6.45, 7) is 2.04. The van der Waals surface area contributed by atoms with E-state index in [4.69, 9.17) is 0 Å². The van der Waals surface area contributed by atoms with Crippen LogP contribution in [0.25, 0.3) is 0 Å². The van der Waals surface area contributed by atoms with E-state index in [1.54, 1.807) is 12.1 Å². The molecule has 1 aromatic carbocycles. The molecule has 0 radical (unpaired) electrons. The zero-order chi connectivity index (χ0) is 19.0. The highest BCUT2D eigenvalue weighted by atomic mass is 16.2. The normalized spacial score (nSPS) is 15.5. The highest BCUT2D eigenvalue weighted by molar-refractivity contribution is 6.05. The monoisotopic (exact) mass is 356 g/mol. The molecule has 8 nitrogen and oxygen atoms in total. The van der Waals surface area contributed by atoms with Crippen LogP contribution in [0.4, 0.5) is 11.5 Å². The number of fused-ring (bicyclic) bond motifs is 1. The van der Waals surface area contributed by atoms with Gasteiger partial charge in [0.15, 0.2) is 0 Å². The molecule has 26 heavy (non-hydrogen) atoms. The summed E-state index contributed by atoms with van der Waals surface area (Å²) in [5, 5.41) is 5.27. The Morgan fingerprint density at radius 1 is 1.12 bits per heavy atom. The molecule has 2 heterocycles. The number of carbonyl (C=O) groups is 2.